The first-order valence-corrected chi connectivity index (χ1v) is 6.54. The van der Waals surface area contributed by atoms with Crippen molar-refractivity contribution < 1.29 is 18.9 Å². The van der Waals surface area contributed by atoms with Crippen LogP contribution < -0.4 is 20.8 Å². The van der Waals surface area contributed by atoms with Crippen molar-refractivity contribution in [3.05, 3.63) is 46.5 Å². The predicted molar refractivity (Wildman–Crippen MR) is 86.9 cm³/mol. The summed E-state index contributed by atoms with van der Waals surface area (Å²) < 4.78 is 10.4. The van der Waals surface area contributed by atoms with Crippen LogP contribution in [0.4, 0.5) is 11.4 Å². The van der Waals surface area contributed by atoms with E-state index in [-0.39, 0.29) is 45.6 Å². The highest BCUT2D eigenvalue weighted by Gasteiger charge is 2.36. The Morgan fingerprint density at radius 2 is 1.14 bits per heavy atom. The van der Waals surface area contributed by atoms with Gasteiger partial charge in [0.1, 0.15) is 0 Å². The molecule has 4 N–H and O–H groups in total. The first-order chi connectivity index (χ1) is 10.5. The summed E-state index contributed by atoms with van der Waals surface area (Å²) in [4.78, 5) is 25.4. The number of nitrogens with two attached hydrogens (primary N) is 2. The summed E-state index contributed by atoms with van der Waals surface area (Å²) in [5, 5.41) is 0. The summed E-state index contributed by atoms with van der Waals surface area (Å²) in [7, 11) is 2.78. The van der Waals surface area contributed by atoms with Gasteiger partial charge in [0.05, 0.1) is 22.5 Å². The molecule has 0 radical (unpaired) electrons. The average Bonchev–Trinajstić information content (AvgIpc) is 2.53. The average molecular weight is 294 g/mol. The van der Waals surface area contributed by atoms with E-state index >= 15 is 0 Å². The number of fused-ring (bicyclic) bond motifs is 2. The molecule has 0 saturated heterocycles. The van der Waals surface area contributed by atoms with Gasteiger partial charge in [-0.05, 0) is 0 Å². The molecule has 22 heavy (non-hydrogen) atoms. The Hall–Kier alpha value is -2.89. The molecule has 0 aliphatic heterocycles. The molecule has 2 aromatic rings. The number of rotatable bonds is 2. The highest BCUT2D eigenvalue weighted by Crippen LogP contribution is 2.47. The Balaban J connectivity index is 2.43. The lowest BCUT2D eigenvalue weighted by Crippen LogP contribution is -2.24. The van der Waals surface area contributed by atoms with Gasteiger partial charge in [0.2, 0.25) is 0 Å². The summed E-state index contributed by atoms with van der Waals surface area (Å²) in [5.74, 6) is -0.399. The molecule has 0 fully saturated rings. The monoisotopic (exact) mass is 294 g/mol. The van der Waals surface area contributed by atoms with E-state index in [1.54, 1.807) is 24.3 Å². The summed E-state index contributed by atoms with van der Waals surface area (Å²) in [6.07, 6.45) is 0. The second-order valence-electron chi connectivity index (χ2n) is 4.85. The van der Waals surface area contributed by atoms with Crippen molar-refractivity contribution in [1.82, 2.24) is 0 Å². The Labute approximate surface area is 128 Å². The molecule has 3 rings (SSSR count). The molecule has 0 heterocycles. The number of benzene rings is 2. The van der Waals surface area contributed by atoms with Crippen LogP contribution in [0.15, 0.2) is 24.3 Å². The lowest BCUT2D eigenvalue weighted by atomic mass is 9.82. The predicted octanol–water partition coefficient (Wildman–Crippen LogP) is -0.520. The normalized spacial score (nSPS) is 12.5. The van der Waals surface area contributed by atoms with E-state index in [0.717, 1.165) is 0 Å². The van der Waals surface area contributed by atoms with Crippen LogP contribution in [0, 0.1) is 0 Å². The molecule has 0 aromatic heterocycles. The van der Waals surface area contributed by atoms with Crippen LogP contribution in [0.2, 0.25) is 0 Å². The number of hydrogen-bond acceptors (Lipinski definition) is 6. The van der Waals surface area contributed by atoms with Gasteiger partial charge < -0.3 is 20.8 Å². The molecule has 1 aliphatic carbocycles. The standard InChI is InChI=1S/C14H12B2N2O4/c15-21-13-9(17)7-8(10(18)14(13)22-16)12(20)6-4-2-1-3-5(6)11(7)19/h1-4H,15-18H2. The van der Waals surface area contributed by atoms with Crippen molar-refractivity contribution in [2.75, 3.05) is 11.5 Å². The first kappa shape index (κ1) is 14.1. The van der Waals surface area contributed by atoms with Crippen LogP contribution >= 0.6 is 0 Å². The van der Waals surface area contributed by atoms with Gasteiger partial charge in [0.25, 0.3) is 0 Å². The van der Waals surface area contributed by atoms with Crippen molar-refractivity contribution >= 4 is 39.0 Å². The van der Waals surface area contributed by atoms with E-state index in [1.807, 2.05) is 0 Å². The van der Waals surface area contributed by atoms with Crippen LogP contribution in [0.1, 0.15) is 31.8 Å². The maximum atomic E-state index is 12.7. The second-order valence-corrected chi connectivity index (χ2v) is 4.85. The van der Waals surface area contributed by atoms with Gasteiger partial charge in [-0.15, -0.1) is 0 Å². The fourth-order valence-electron chi connectivity index (χ4n) is 2.77. The fraction of sp³-hybridized carbons (Fsp3) is 0. The van der Waals surface area contributed by atoms with Crippen LogP contribution in [-0.4, -0.2) is 27.7 Å². The van der Waals surface area contributed by atoms with Crippen LogP contribution in [0.3, 0.4) is 0 Å². The molecule has 0 atom stereocenters. The van der Waals surface area contributed by atoms with Crippen LogP contribution in [0.5, 0.6) is 11.5 Å². The number of carbonyl (C=O) groups is 2. The minimum atomic E-state index is -0.352. The molecule has 0 amide bonds. The summed E-state index contributed by atoms with van der Waals surface area (Å²) in [6.45, 7) is 0. The third kappa shape index (κ3) is 1.64. The van der Waals surface area contributed by atoms with E-state index in [2.05, 4.69) is 0 Å². The number of anilines is 2. The molecule has 8 heteroatoms. The van der Waals surface area contributed by atoms with Crippen molar-refractivity contribution in [3.63, 3.8) is 0 Å². The van der Waals surface area contributed by atoms with Gasteiger partial charge in [0.15, 0.2) is 23.1 Å². The molecular formula is C14H12B2N2O4. The molecule has 0 spiro atoms. The summed E-state index contributed by atoms with van der Waals surface area (Å²) in [6, 6.07) is 6.56. The molecule has 0 saturated carbocycles. The van der Waals surface area contributed by atoms with E-state index in [9.17, 15) is 9.59 Å². The molecule has 1 aliphatic rings. The maximum Gasteiger partial charge on any atom is 0.322 e. The van der Waals surface area contributed by atoms with Crippen molar-refractivity contribution in [2.45, 2.75) is 0 Å². The highest BCUT2D eigenvalue weighted by molar-refractivity contribution is 6.32. The minimum Gasteiger partial charge on any atom is -0.564 e. The number of ketones is 2. The van der Waals surface area contributed by atoms with Crippen molar-refractivity contribution in [1.29, 1.82) is 0 Å². The van der Waals surface area contributed by atoms with Gasteiger partial charge in [-0.3, -0.25) is 9.59 Å². The Morgan fingerprint density at radius 3 is 1.45 bits per heavy atom. The molecule has 6 nitrogen and oxygen atoms in total. The van der Waals surface area contributed by atoms with E-state index in [1.165, 1.54) is 16.1 Å². The molecule has 2 aromatic carbocycles. The van der Waals surface area contributed by atoms with Gasteiger partial charge in [-0.25, -0.2) is 0 Å². The number of hydrogen-bond donors (Lipinski definition) is 2. The maximum absolute atomic E-state index is 12.7. The van der Waals surface area contributed by atoms with Gasteiger partial charge in [0, 0.05) is 11.1 Å². The van der Waals surface area contributed by atoms with Gasteiger partial charge in [-0.2, -0.15) is 0 Å². The zero-order chi connectivity index (χ0) is 16.0. The quantitative estimate of drug-likeness (QED) is 0.487. The molecular weight excluding hydrogens is 282 g/mol. The van der Waals surface area contributed by atoms with E-state index in [4.69, 9.17) is 20.8 Å². The highest BCUT2D eigenvalue weighted by atomic mass is 16.5. The van der Waals surface area contributed by atoms with Crippen LogP contribution in [-0.2, 0) is 0 Å². The lowest BCUT2D eigenvalue weighted by molar-refractivity contribution is 0.0980. The third-order valence-electron chi connectivity index (χ3n) is 3.76. The number of nitrogen functional groups attached to an aromatic ring is 2. The third-order valence-corrected chi connectivity index (χ3v) is 3.76. The van der Waals surface area contributed by atoms with E-state index in [0.29, 0.717) is 11.1 Å². The summed E-state index contributed by atoms with van der Waals surface area (Å²) >= 11 is 0. The number of carbonyl (C=O) groups excluding carboxylic acids is 2. The second kappa shape index (κ2) is 4.84. The Bertz CT molecular complexity index is 768. The van der Waals surface area contributed by atoms with Gasteiger partial charge in [-0.1, -0.05) is 24.3 Å². The smallest absolute Gasteiger partial charge is 0.322 e. The fourth-order valence-corrected chi connectivity index (χ4v) is 2.77. The topological polar surface area (TPSA) is 105 Å². The molecule has 0 unspecified atom stereocenters. The zero-order valence-corrected chi connectivity index (χ0v) is 12.1. The minimum absolute atomic E-state index is 0.0522. The lowest BCUT2D eigenvalue weighted by Gasteiger charge is -2.24. The largest absolute Gasteiger partial charge is 0.564 e. The zero-order valence-electron chi connectivity index (χ0n) is 12.1. The van der Waals surface area contributed by atoms with Gasteiger partial charge >= 0.3 is 16.1 Å². The molecule has 0 bridgehead atoms. The van der Waals surface area contributed by atoms with E-state index < -0.39 is 0 Å². The van der Waals surface area contributed by atoms with Crippen molar-refractivity contribution in [2.24, 2.45) is 0 Å². The Kier molecular flexibility index (Phi) is 3.09. The molecule has 108 valence electrons. The Morgan fingerprint density at radius 1 is 0.773 bits per heavy atom. The van der Waals surface area contributed by atoms with Crippen molar-refractivity contribution in [3.8, 4) is 11.5 Å². The first-order valence-electron chi connectivity index (χ1n) is 6.54. The van der Waals surface area contributed by atoms with Crippen LogP contribution in [0.25, 0.3) is 0 Å². The SMILES string of the molecule is BOc1c(N)c2c(c(N)c1OB)C(=O)c1ccccc1C2=O. The summed E-state index contributed by atoms with van der Waals surface area (Å²) in [5.41, 5.74) is 12.9.